The summed E-state index contributed by atoms with van der Waals surface area (Å²) in [5.74, 6) is 0.708. The van der Waals surface area contributed by atoms with Crippen molar-refractivity contribution < 1.29 is 13.2 Å². The molecule has 1 fully saturated rings. The van der Waals surface area contributed by atoms with Crippen molar-refractivity contribution in [1.82, 2.24) is 9.62 Å². The summed E-state index contributed by atoms with van der Waals surface area (Å²) < 4.78 is 26.7. The van der Waals surface area contributed by atoms with Crippen LogP contribution in [0.2, 0.25) is 0 Å². The van der Waals surface area contributed by atoms with Crippen LogP contribution < -0.4 is 4.72 Å². The fourth-order valence-corrected chi connectivity index (χ4v) is 5.49. The number of benzene rings is 2. The SMILES string of the molecule is CN(C(=O)CN=C1NS(=O)(=O)c2ccccc21)C1CCC(c2ccccc2)CC1. The molecule has 2 aliphatic rings. The Bertz CT molecular complexity index is 1030. The molecule has 6 nitrogen and oxygen atoms in total. The van der Waals surface area contributed by atoms with Gasteiger partial charge in [-0.3, -0.25) is 14.5 Å². The average molecular weight is 412 g/mol. The van der Waals surface area contributed by atoms with E-state index >= 15 is 0 Å². The molecule has 1 aliphatic carbocycles. The molecule has 4 rings (SSSR count). The Kier molecular flexibility index (Phi) is 5.41. The van der Waals surface area contributed by atoms with E-state index in [-0.39, 0.29) is 29.2 Å². The van der Waals surface area contributed by atoms with Gasteiger partial charge in [-0.25, -0.2) is 8.42 Å². The smallest absolute Gasteiger partial charge is 0.263 e. The van der Waals surface area contributed by atoms with Crippen molar-refractivity contribution >= 4 is 21.8 Å². The molecule has 152 valence electrons. The number of amidine groups is 1. The van der Waals surface area contributed by atoms with Gasteiger partial charge < -0.3 is 4.90 Å². The number of nitrogens with zero attached hydrogens (tertiary/aromatic N) is 2. The molecule has 0 saturated heterocycles. The molecule has 2 aromatic carbocycles. The third-order valence-electron chi connectivity index (χ3n) is 5.94. The number of aliphatic imine (C=N–C) groups is 1. The highest BCUT2D eigenvalue weighted by Gasteiger charge is 2.31. The number of amides is 1. The largest absolute Gasteiger partial charge is 0.341 e. The Labute approximate surface area is 171 Å². The first-order chi connectivity index (χ1) is 14.0. The quantitative estimate of drug-likeness (QED) is 0.840. The van der Waals surface area contributed by atoms with E-state index in [9.17, 15) is 13.2 Å². The van der Waals surface area contributed by atoms with Gasteiger partial charge in [-0.1, -0.05) is 42.5 Å². The standard InChI is InChI=1S/C22H25N3O3S/c1-25(18-13-11-17(12-14-18)16-7-3-2-4-8-16)21(26)15-23-22-19-9-5-6-10-20(19)29(27,28)24-22/h2-10,17-18H,11-15H2,1H3,(H,23,24). The Morgan fingerprint density at radius 2 is 1.69 bits per heavy atom. The van der Waals surface area contributed by atoms with Crippen LogP contribution in [0.15, 0.2) is 64.5 Å². The molecule has 1 heterocycles. The minimum atomic E-state index is -3.58. The second-order valence-electron chi connectivity index (χ2n) is 7.69. The average Bonchev–Trinajstić information content (AvgIpc) is 3.02. The van der Waals surface area contributed by atoms with Crippen molar-refractivity contribution in [1.29, 1.82) is 0 Å². The number of carbonyl (C=O) groups excluding carboxylic acids is 1. The molecule has 2 aromatic rings. The Morgan fingerprint density at radius 1 is 1.03 bits per heavy atom. The number of hydrogen-bond donors (Lipinski definition) is 1. The van der Waals surface area contributed by atoms with Gasteiger partial charge in [0.05, 0.1) is 4.90 Å². The highest BCUT2D eigenvalue weighted by Crippen LogP contribution is 2.34. The molecule has 0 aromatic heterocycles. The highest BCUT2D eigenvalue weighted by molar-refractivity contribution is 7.90. The van der Waals surface area contributed by atoms with Crippen LogP contribution >= 0.6 is 0 Å². The van der Waals surface area contributed by atoms with E-state index in [1.165, 1.54) is 5.56 Å². The molecule has 0 unspecified atom stereocenters. The van der Waals surface area contributed by atoms with E-state index in [0.717, 1.165) is 25.7 Å². The fraction of sp³-hybridized carbons (Fsp3) is 0.364. The van der Waals surface area contributed by atoms with E-state index in [1.807, 2.05) is 13.1 Å². The Balaban J connectivity index is 1.37. The maximum absolute atomic E-state index is 12.7. The zero-order valence-corrected chi connectivity index (χ0v) is 17.2. The summed E-state index contributed by atoms with van der Waals surface area (Å²) in [6, 6.07) is 17.4. The van der Waals surface area contributed by atoms with Crippen LogP contribution in [0.4, 0.5) is 0 Å². The zero-order valence-electron chi connectivity index (χ0n) is 16.4. The number of nitrogens with one attached hydrogen (secondary N) is 1. The summed E-state index contributed by atoms with van der Waals surface area (Å²) in [5.41, 5.74) is 1.89. The first-order valence-electron chi connectivity index (χ1n) is 9.93. The molecule has 29 heavy (non-hydrogen) atoms. The summed E-state index contributed by atoms with van der Waals surface area (Å²) in [5, 5.41) is 0. The van der Waals surface area contributed by atoms with Crippen molar-refractivity contribution in [3.05, 3.63) is 65.7 Å². The number of likely N-dealkylation sites (N-methyl/N-ethyl adjacent to an activating group) is 1. The molecule has 1 saturated carbocycles. The summed E-state index contributed by atoms with van der Waals surface area (Å²) in [7, 11) is -1.76. The van der Waals surface area contributed by atoms with Crippen molar-refractivity contribution in [3.8, 4) is 0 Å². The third-order valence-corrected chi connectivity index (χ3v) is 7.34. The van der Waals surface area contributed by atoms with Crippen molar-refractivity contribution in [2.24, 2.45) is 4.99 Å². The van der Waals surface area contributed by atoms with E-state index in [0.29, 0.717) is 11.5 Å². The first kappa shape index (κ1) is 19.6. The Morgan fingerprint density at radius 3 is 2.41 bits per heavy atom. The van der Waals surface area contributed by atoms with Crippen molar-refractivity contribution in [2.45, 2.75) is 42.5 Å². The highest BCUT2D eigenvalue weighted by atomic mass is 32.2. The van der Waals surface area contributed by atoms with Crippen LogP contribution in [0.5, 0.6) is 0 Å². The Hall–Kier alpha value is -2.67. The summed E-state index contributed by atoms with van der Waals surface area (Å²) in [6.45, 7) is -0.0682. The molecule has 0 spiro atoms. The molecular formula is C22H25N3O3S. The minimum Gasteiger partial charge on any atom is -0.341 e. The van der Waals surface area contributed by atoms with E-state index in [1.54, 1.807) is 29.2 Å². The maximum atomic E-state index is 12.7. The predicted molar refractivity (Wildman–Crippen MR) is 112 cm³/mol. The monoisotopic (exact) mass is 411 g/mol. The molecule has 0 bridgehead atoms. The lowest BCUT2D eigenvalue weighted by atomic mass is 9.81. The van der Waals surface area contributed by atoms with Gasteiger partial charge in [0.2, 0.25) is 5.91 Å². The van der Waals surface area contributed by atoms with Crippen LogP contribution in [0.25, 0.3) is 0 Å². The van der Waals surface area contributed by atoms with Gasteiger partial charge in [-0.05, 0) is 49.3 Å². The van der Waals surface area contributed by atoms with Crippen LogP contribution in [0.3, 0.4) is 0 Å². The minimum absolute atomic E-state index is 0.0682. The molecule has 1 amide bonds. The van der Waals surface area contributed by atoms with Crippen LogP contribution in [0.1, 0.15) is 42.7 Å². The lowest BCUT2D eigenvalue weighted by Gasteiger charge is -2.34. The second kappa shape index (κ2) is 7.99. The molecule has 7 heteroatoms. The number of hydrogen-bond acceptors (Lipinski definition) is 4. The molecular weight excluding hydrogens is 386 g/mol. The second-order valence-corrected chi connectivity index (χ2v) is 9.34. The zero-order chi connectivity index (χ0) is 20.4. The van der Waals surface area contributed by atoms with E-state index in [4.69, 9.17) is 0 Å². The fourth-order valence-electron chi connectivity index (χ4n) is 4.23. The van der Waals surface area contributed by atoms with E-state index in [2.05, 4.69) is 34.0 Å². The normalized spacial score (nSPS) is 24.0. The maximum Gasteiger partial charge on any atom is 0.263 e. The van der Waals surface area contributed by atoms with Crippen LogP contribution in [0, 0.1) is 0 Å². The van der Waals surface area contributed by atoms with Gasteiger partial charge in [0.1, 0.15) is 12.4 Å². The summed E-state index contributed by atoms with van der Waals surface area (Å²) in [6.07, 6.45) is 4.06. The lowest BCUT2D eigenvalue weighted by molar-refractivity contribution is -0.131. The topological polar surface area (TPSA) is 78.8 Å². The van der Waals surface area contributed by atoms with E-state index < -0.39 is 10.0 Å². The predicted octanol–water partition coefficient (Wildman–Crippen LogP) is 2.91. The first-order valence-corrected chi connectivity index (χ1v) is 11.4. The number of fused-ring (bicyclic) bond motifs is 1. The van der Waals surface area contributed by atoms with Gasteiger partial charge in [-0.2, -0.15) is 0 Å². The van der Waals surface area contributed by atoms with Crippen molar-refractivity contribution in [3.63, 3.8) is 0 Å². The molecule has 1 N–H and O–H groups in total. The summed E-state index contributed by atoms with van der Waals surface area (Å²) in [4.78, 5) is 18.9. The van der Waals surface area contributed by atoms with Gasteiger partial charge >= 0.3 is 0 Å². The number of carbonyl (C=O) groups is 1. The molecule has 1 aliphatic heterocycles. The lowest BCUT2D eigenvalue weighted by Crippen LogP contribution is -2.40. The molecule has 0 atom stereocenters. The van der Waals surface area contributed by atoms with Crippen LogP contribution in [-0.2, 0) is 14.8 Å². The summed E-state index contributed by atoms with van der Waals surface area (Å²) >= 11 is 0. The van der Waals surface area contributed by atoms with Crippen molar-refractivity contribution in [2.75, 3.05) is 13.6 Å². The van der Waals surface area contributed by atoms with Gasteiger partial charge in [0, 0.05) is 18.7 Å². The van der Waals surface area contributed by atoms with Gasteiger partial charge in [0.25, 0.3) is 10.0 Å². The molecule has 0 radical (unpaired) electrons. The van der Waals surface area contributed by atoms with Crippen LogP contribution in [-0.4, -0.2) is 44.7 Å². The van der Waals surface area contributed by atoms with Gasteiger partial charge in [0.15, 0.2) is 0 Å². The van der Waals surface area contributed by atoms with Gasteiger partial charge in [-0.15, -0.1) is 0 Å². The number of sulfonamides is 1. The number of rotatable bonds is 4. The third kappa shape index (κ3) is 4.05.